The van der Waals surface area contributed by atoms with E-state index in [1.807, 2.05) is 13.0 Å². The lowest BCUT2D eigenvalue weighted by Gasteiger charge is -2.16. The van der Waals surface area contributed by atoms with Crippen LogP contribution >= 0.6 is 0 Å². The lowest BCUT2D eigenvalue weighted by Crippen LogP contribution is -2.26. The number of hydrogen-bond donors (Lipinski definition) is 2. The number of benzene rings is 1. The number of hydrogen-bond acceptors (Lipinski definition) is 4. The highest BCUT2D eigenvalue weighted by Crippen LogP contribution is 2.14. The molecule has 2 aromatic rings. The Hall–Kier alpha value is -2.37. The number of aromatic nitrogens is 3. The fraction of sp³-hybridized carbons (Fsp3) is 0.250. The zero-order valence-electron chi connectivity index (χ0n) is 10.3. The summed E-state index contributed by atoms with van der Waals surface area (Å²) in [7, 11) is 1.71. The van der Waals surface area contributed by atoms with E-state index < -0.39 is 0 Å². The van der Waals surface area contributed by atoms with Crippen LogP contribution in [0.5, 0.6) is 0 Å². The third-order valence-electron chi connectivity index (χ3n) is 2.72. The molecule has 1 amide bonds. The Labute approximate surface area is 105 Å². The fourth-order valence-electron chi connectivity index (χ4n) is 1.60. The maximum atomic E-state index is 12.1. The van der Waals surface area contributed by atoms with Gasteiger partial charge in [-0.2, -0.15) is 5.10 Å². The van der Waals surface area contributed by atoms with Gasteiger partial charge in [-0.3, -0.25) is 9.89 Å². The first-order valence-corrected chi connectivity index (χ1v) is 5.54. The maximum absolute atomic E-state index is 12.1. The van der Waals surface area contributed by atoms with Crippen LogP contribution in [0, 0.1) is 6.92 Å². The second-order valence-corrected chi connectivity index (χ2v) is 4.16. The van der Waals surface area contributed by atoms with Gasteiger partial charge in [0.2, 0.25) is 0 Å². The SMILES string of the molecule is Cc1ccc(C(=O)N(C)Cc2ncn[nH]2)cc1N. The first-order valence-electron chi connectivity index (χ1n) is 5.54. The van der Waals surface area contributed by atoms with Crippen molar-refractivity contribution in [2.75, 3.05) is 12.8 Å². The minimum Gasteiger partial charge on any atom is -0.398 e. The summed E-state index contributed by atoms with van der Waals surface area (Å²) >= 11 is 0. The summed E-state index contributed by atoms with van der Waals surface area (Å²) in [5, 5.41) is 6.45. The standard InChI is InChI=1S/C12H15N5O/c1-8-3-4-9(5-10(8)13)12(18)17(2)6-11-14-7-15-16-11/h3-5,7H,6,13H2,1-2H3,(H,14,15,16). The second kappa shape index (κ2) is 4.87. The number of carbonyl (C=O) groups is 1. The summed E-state index contributed by atoms with van der Waals surface area (Å²) in [4.78, 5) is 17.7. The summed E-state index contributed by atoms with van der Waals surface area (Å²) in [5.41, 5.74) is 7.95. The molecule has 18 heavy (non-hydrogen) atoms. The number of nitrogens with zero attached hydrogens (tertiary/aromatic N) is 3. The van der Waals surface area contributed by atoms with E-state index in [-0.39, 0.29) is 5.91 Å². The molecule has 1 heterocycles. The molecule has 0 aliphatic carbocycles. The van der Waals surface area contributed by atoms with Crippen LogP contribution in [0.3, 0.4) is 0 Å². The molecular weight excluding hydrogens is 230 g/mol. The van der Waals surface area contributed by atoms with Gasteiger partial charge in [0.1, 0.15) is 12.2 Å². The number of nitrogen functional groups attached to an aromatic ring is 1. The number of anilines is 1. The second-order valence-electron chi connectivity index (χ2n) is 4.16. The molecule has 0 aliphatic heterocycles. The van der Waals surface area contributed by atoms with Gasteiger partial charge in [0.15, 0.2) is 0 Å². The van der Waals surface area contributed by atoms with E-state index in [9.17, 15) is 4.79 Å². The van der Waals surface area contributed by atoms with Gasteiger partial charge in [0, 0.05) is 18.3 Å². The first kappa shape index (κ1) is 12.1. The first-order chi connectivity index (χ1) is 8.58. The number of aryl methyl sites for hydroxylation is 1. The topological polar surface area (TPSA) is 87.9 Å². The third kappa shape index (κ3) is 2.48. The van der Waals surface area contributed by atoms with E-state index in [4.69, 9.17) is 5.73 Å². The number of carbonyl (C=O) groups excluding carboxylic acids is 1. The van der Waals surface area contributed by atoms with Gasteiger partial charge in [-0.15, -0.1) is 0 Å². The molecule has 6 heteroatoms. The van der Waals surface area contributed by atoms with Crippen molar-refractivity contribution in [3.8, 4) is 0 Å². The van der Waals surface area contributed by atoms with Crippen molar-refractivity contribution in [1.82, 2.24) is 20.1 Å². The zero-order chi connectivity index (χ0) is 13.1. The van der Waals surface area contributed by atoms with Gasteiger partial charge in [-0.05, 0) is 24.6 Å². The highest BCUT2D eigenvalue weighted by Gasteiger charge is 2.13. The van der Waals surface area contributed by atoms with Crippen LogP contribution in [0.15, 0.2) is 24.5 Å². The molecule has 1 aromatic heterocycles. The summed E-state index contributed by atoms with van der Waals surface area (Å²) in [6, 6.07) is 5.30. The van der Waals surface area contributed by atoms with Gasteiger partial charge in [-0.1, -0.05) is 6.07 Å². The van der Waals surface area contributed by atoms with Crippen molar-refractivity contribution in [2.24, 2.45) is 0 Å². The molecule has 2 rings (SSSR count). The summed E-state index contributed by atoms with van der Waals surface area (Å²) < 4.78 is 0. The monoisotopic (exact) mass is 245 g/mol. The smallest absolute Gasteiger partial charge is 0.254 e. The van der Waals surface area contributed by atoms with Gasteiger partial charge >= 0.3 is 0 Å². The molecule has 0 saturated carbocycles. The lowest BCUT2D eigenvalue weighted by molar-refractivity contribution is 0.0782. The Morgan fingerprint density at radius 1 is 1.50 bits per heavy atom. The van der Waals surface area contributed by atoms with Crippen molar-refractivity contribution in [3.63, 3.8) is 0 Å². The predicted molar refractivity (Wildman–Crippen MR) is 67.8 cm³/mol. The summed E-state index contributed by atoms with van der Waals surface area (Å²) in [6.45, 7) is 2.29. The summed E-state index contributed by atoms with van der Waals surface area (Å²) in [6.07, 6.45) is 1.41. The van der Waals surface area contributed by atoms with Crippen LogP contribution in [-0.4, -0.2) is 33.0 Å². The molecule has 0 saturated heterocycles. The molecule has 0 bridgehead atoms. The van der Waals surface area contributed by atoms with Crippen LogP contribution in [0.2, 0.25) is 0 Å². The Morgan fingerprint density at radius 2 is 2.28 bits per heavy atom. The number of aromatic amines is 1. The Morgan fingerprint density at radius 3 is 2.89 bits per heavy atom. The van der Waals surface area contributed by atoms with Gasteiger partial charge in [-0.25, -0.2) is 4.98 Å². The van der Waals surface area contributed by atoms with Gasteiger partial charge in [0.25, 0.3) is 5.91 Å². The van der Waals surface area contributed by atoms with E-state index in [1.54, 1.807) is 24.1 Å². The van der Waals surface area contributed by atoms with E-state index in [1.165, 1.54) is 6.33 Å². The van der Waals surface area contributed by atoms with Crippen molar-refractivity contribution < 1.29 is 4.79 Å². The minimum atomic E-state index is -0.0990. The Balaban J connectivity index is 2.12. The van der Waals surface area contributed by atoms with Crippen LogP contribution < -0.4 is 5.73 Å². The molecule has 0 unspecified atom stereocenters. The predicted octanol–water partition coefficient (Wildman–Crippen LogP) is 0.968. The Bertz CT molecular complexity index is 550. The molecule has 0 atom stereocenters. The van der Waals surface area contributed by atoms with Gasteiger partial charge < -0.3 is 10.6 Å². The minimum absolute atomic E-state index is 0.0990. The number of H-pyrrole nitrogens is 1. The highest BCUT2D eigenvalue weighted by atomic mass is 16.2. The third-order valence-corrected chi connectivity index (χ3v) is 2.72. The van der Waals surface area contributed by atoms with E-state index in [0.29, 0.717) is 23.6 Å². The van der Waals surface area contributed by atoms with Gasteiger partial charge in [0.05, 0.1) is 6.54 Å². The number of amides is 1. The van der Waals surface area contributed by atoms with E-state index in [2.05, 4.69) is 15.2 Å². The van der Waals surface area contributed by atoms with Crippen molar-refractivity contribution in [2.45, 2.75) is 13.5 Å². The molecule has 0 radical (unpaired) electrons. The van der Waals surface area contributed by atoms with Crippen molar-refractivity contribution in [1.29, 1.82) is 0 Å². The van der Waals surface area contributed by atoms with Crippen LogP contribution in [0.25, 0.3) is 0 Å². The average Bonchev–Trinajstić information content (AvgIpc) is 2.84. The average molecular weight is 245 g/mol. The number of nitrogens with one attached hydrogen (secondary N) is 1. The van der Waals surface area contributed by atoms with Crippen molar-refractivity contribution >= 4 is 11.6 Å². The zero-order valence-corrected chi connectivity index (χ0v) is 10.3. The number of rotatable bonds is 3. The fourth-order valence-corrected chi connectivity index (χ4v) is 1.60. The molecule has 94 valence electrons. The quantitative estimate of drug-likeness (QED) is 0.788. The molecular formula is C12H15N5O. The van der Waals surface area contributed by atoms with Crippen LogP contribution in [0.4, 0.5) is 5.69 Å². The molecule has 0 aliphatic rings. The molecule has 0 fully saturated rings. The van der Waals surface area contributed by atoms with E-state index >= 15 is 0 Å². The lowest BCUT2D eigenvalue weighted by atomic mass is 10.1. The van der Waals surface area contributed by atoms with E-state index in [0.717, 1.165) is 5.56 Å². The number of nitrogens with two attached hydrogens (primary N) is 1. The molecule has 0 spiro atoms. The summed E-state index contributed by atoms with van der Waals surface area (Å²) in [5.74, 6) is 0.545. The van der Waals surface area contributed by atoms with Crippen LogP contribution in [0.1, 0.15) is 21.7 Å². The Kier molecular flexibility index (Phi) is 3.27. The van der Waals surface area contributed by atoms with Crippen LogP contribution in [-0.2, 0) is 6.54 Å². The molecule has 1 aromatic carbocycles. The highest BCUT2D eigenvalue weighted by molar-refractivity contribution is 5.95. The normalized spacial score (nSPS) is 10.3. The molecule has 6 nitrogen and oxygen atoms in total. The largest absolute Gasteiger partial charge is 0.398 e. The molecule has 3 N–H and O–H groups in total. The van der Waals surface area contributed by atoms with Crippen molar-refractivity contribution in [3.05, 3.63) is 41.5 Å². The maximum Gasteiger partial charge on any atom is 0.254 e.